The molecule has 9 nitrogen and oxygen atoms in total. The van der Waals surface area contributed by atoms with Gasteiger partial charge in [-0.15, -0.1) is 0 Å². The lowest BCUT2D eigenvalue weighted by molar-refractivity contribution is -0.162. The molecule has 2 fully saturated rings. The van der Waals surface area contributed by atoms with E-state index in [1.54, 1.807) is 17.0 Å². The van der Waals surface area contributed by atoms with Gasteiger partial charge in [-0.25, -0.2) is 18.7 Å². The Kier molecular flexibility index (Phi) is 7.69. The molecule has 3 aliphatic rings. The smallest absolute Gasteiger partial charge is 0.253 e. The van der Waals surface area contributed by atoms with Gasteiger partial charge in [0.2, 0.25) is 0 Å². The van der Waals surface area contributed by atoms with Crippen LogP contribution in [0.2, 0.25) is 0 Å². The SMILES string of the molecule is CN(c1nc(-c2ccc(F)cc2)c(C#N)s1)c1c2c(nc3c(F)cc(N4CC5(CN(C(=O)C(C)(C)O)C5)C4)cc13)CC(CCCO)C2. The minimum atomic E-state index is -1.41. The molecular weight excluding hydrogens is 622 g/mol. The zero-order chi connectivity index (χ0) is 33.2. The average molecular weight is 659 g/mol. The number of amides is 1. The van der Waals surface area contributed by atoms with Gasteiger partial charge in [-0.1, -0.05) is 11.3 Å². The lowest BCUT2D eigenvalue weighted by atomic mass is 9.72. The maximum Gasteiger partial charge on any atom is 0.253 e. The number of nitrogens with zero attached hydrogens (tertiary/aromatic N) is 6. The number of likely N-dealkylation sites (tertiary alicyclic amines) is 1. The van der Waals surface area contributed by atoms with E-state index in [4.69, 9.17) is 9.97 Å². The molecule has 1 amide bonds. The number of halogens is 2. The van der Waals surface area contributed by atoms with Crippen molar-refractivity contribution in [1.29, 1.82) is 5.26 Å². The molecule has 2 aromatic carbocycles. The third kappa shape index (κ3) is 5.50. The molecule has 12 heteroatoms. The number of aliphatic hydroxyl groups is 2. The van der Waals surface area contributed by atoms with Gasteiger partial charge in [-0.3, -0.25) is 4.79 Å². The van der Waals surface area contributed by atoms with Crippen LogP contribution in [0.3, 0.4) is 0 Å². The number of thiazole rings is 1. The van der Waals surface area contributed by atoms with Crippen LogP contribution in [0.5, 0.6) is 0 Å². The van der Waals surface area contributed by atoms with Crippen molar-refractivity contribution in [3.8, 4) is 17.3 Å². The largest absolute Gasteiger partial charge is 0.396 e. The van der Waals surface area contributed by atoms with Gasteiger partial charge in [-0.2, -0.15) is 5.26 Å². The second-order valence-corrected chi connectivity index (χ2v) is 14.8. The molecule has 244 valence electrons. The molecule has 1 spiro atoms. The van der Waals surface area contributed by atoms with Gasteiger partial charge in [0.25, 0.3) is 5.91 Å². The fourth-order valence-corrected chi connectivity index (χ4v) is 8.27. The normalized spacial score (nSPS) is 18.2. The number of rotatable bonds is 8. The molecule has 1 atom stereocenters. The average Bonchev–Trinajstić information content (AvgIpc) is 3.61. The molecule has 47 heavy (non-hydrogen) atoms. The number of aromatic nitrogens is 2. The molecule has 2 aliphatic heterocycles. The lowest BCUT2D eigenvalue weighted by Gasteiger charge is -2.61. The number of benzene rings is 2. The molecule has 4 heterocycles. The van der Waals surface area contributed by atoms with Crippen LogP contribution in [-0.4, -0.2) is 76.4 Å². The minimum Gasteiger partial charge on any atom is -0.396 e. The Morgan fingerprint density at radius 2 is 1.87 bits per heavy atom. The number of fused-ring (bicyclic) bond motifs is 2. The van der Waals surface area contributed by atoms with Crippen LogP contribution in [0.15, 0.2) is 36.4 Å². The standard InChI is InChI=1S/C35H36F2N6O3S/c1-34(2,46)32(45)43-18-35(19-43)16-42(17-35)23-13-25-30(26(37)14-23)39-27-12-20(5-4-10-44)11-24(27)31(25)41(3)33-40-29(28(15-38)47-33)21-6-8-22(36)9-7-21/h6-9,13-14,20,44,46H,4-5,10-12,16-19H2,1-3H3. The van der Waals surface area contributed by atoms with Crippen LogP contribution in [-0.2, 0) is 17.6 Å². The quantitative estimate of drug-likeness (QED) is 0.266. The van der Waals surface area contributed by atoms with Crippen molar-refractivity contribution in [1.82, 2.24) is 14.9 Å². The van der Waals surface area contributed by atoms with Crippen molar-refractivity contribution < 1.29 is 23.8 Å². The highest BCUT2D eigenvalue weighted by molar-refractivity contribution is 7.16. The summed E-state index contributed by atoms with van der Waals surface area (Å²) >= 11 is 1.23. The van der Waals surface area contributed by atoms with Crippen molar-refractivity contribution in [2.45, 2.75) is 45.1 Å². The Hall–Kier alpha value is -4.18. The molecule has 4 aromatic rings. The van der Waals surface area contributed by atoms with E-state index in [0.717, 1.165) is 35.5 Å². The Morgan fingerprint density at radius 1 is 1.15 bits per heavy atom. The van der Waals surface area contributed by atoms with Crippen molar-refractivity contribution >= 4 is 44.7 Å². The Labute approximate surface area is 275 Å². The molecule has 2 N–H and O–H groups in total. The number of aliphatic hydroxyl groups excluding tert-OH is 1. The summed E-state index contributed by atoms with van der Waals surface area (Å²) in [7, 11) is 1.87. The van der Waals surface area contributed by atoms with Gasteiger partial charge in [0.05, 0.1) is 5.69 Å². The van der Waals surface area contributed by atoms with Gasteiger partial charge >= 0.3 is 0 Å². The van der Waals surface area contributed by atoms with Crippen LogP contribution in [0.25, 0.3) is 22.2 Å². The predicted molar refractivity (Wildman–Crippen MR) is 177 cm³/mol. The first-order chi connectivity index (χ1) is 22.4. The monoisotopic (exact) mass is 658 g/mol. The van der Waals surface area contributed by atoms with Crippen molar-refractivity contribution in [2.24, 2.45) is 11.3 Å². The predicted octanol–water partition coefficient (Wildman–Crippen LogP) is 5.18. The third-order valence-electron chi connectivity index (χ3n) is 9.67. The molecule has 0 saturated carbocycles. The number of anilines is 3. The van der Waals surface area contributed by atoms with Crippen molar-refractivity contribution in [3.05, 3.63) is 64.2 Å². The highest BCUT2D eigenvalue weighted by Gasteiger charge is 2.54. The fraction of sp³-hybridized carbons (Fsp3) is 0.429. The maximum atomic E-state index is 16.0. The molecule has 7 rings (SSSR count). The number of nitriles is 1. The van der Waals surface area contributed by atoms with E-state index >= 15 is 4.39 Å². The first-order valence-electron chi connectivity index (χ1n) is 15.8. The van der Waals surface area contributed by atoms with E-state index in [1.807, 2.05) is 18.0 Å². The van der Waals surface area contributed by atoms with Gasteiger partial charge in [0.1, 0.15) is 33.6 Å². The summed E-state index contributed by atoms with van der Waals surface area (Å²) in [4.78, 5) is 28.3. The van der Waals surface area contributed by atoms with Gasteiger partial charge in [0, 0.05) is 67.6 Å². The van der Waals surface area contributed by atoms with Crippen LogP contribution in [0.4, 0.5) is 25.3 Å². The van der Waals surface area contributed by atoms with Crippen LogP contribution in [0.1, 0.15) is 42.8 Å². The summed E-state index contributed by atoms with van der Waals surface area (Å²) in [6.45, 7) is 5.55. The second kappa shape index (κ2) is 11.5. The molecule has 0 radical (unpaired) electrons. The minimum absolute atomic E-state index is 0.0760. The topological polar surface area (TPSA) is 117 Å². The molecule has 1 aliphatic carbocycles. The van der Waals surface area contributed by atoms with E-state index < -0.39 is 11.4 Å². The molecule has 2 saturated heterocycles. The summed E-state index contributed by atoms with van der Waals surface area (Å²) in [5, 5.41) is 30.8. The van der Waals surface area contributed by atoms with E-state index in [-0.39, 0.29) is 35.2 Å². The van der Waals surface area contributed by atoms with E-state index in [9.17, 15) is 24.7 Å². The van der Waals surface area contributed by atoms with Gasteiger partial charge < -0.3 is 24.9 Å². The Bertz CT molecular complexity index is 1920. The number of pyridine rings is 1. The number of hydrogen-bond donors (Lipinski definition) is 2. The summed E-state index contributed by atoms with van der Waals surface area (Å²) in [6.07, 6.45) is 2.91. The molecule has 0 bridgehead atoms. The number of carbonyl (C=O) groups excluding carboxylic acids is 1. The zero-order valence-electron chi connectivity index (χ0n) is 26.6. The third-order valence-corrected chi connectivity index (χ3v) is 10.7. The highest BCUT2D eigenvalue weighted by atomic mass is 32.1. The van der Waals surface area contributed by atoms with E-state index in [2.05, 4.69) is 11.0 Å². The van der Waals surface area contributed by atoms with E-state index in [1.165, 1.54) is 43.4 Å². The number of carbonyl (C=O) groups is 1. The summed E-state index contributed by atoms with van der Waals surface area (Å²) < 4.78 is 29.7. The van der Waals surface area contributed by atoms with E-state index in [0.29, 0.717) is 65.7 Å². The molecule has 2 aromatic heterocycles. The van der Waals surface area contributed by atoms with Gasteiger partial charge in [-0.05, 0) is 87.4 Å². The van der Waals surface area contributed by atoms with Crippen LogP contribution in [0, 0.1) is 34.3 Å². The molecule has 1 unspecified atom stereocenters. The number of hydrogen-bond acceptors (Lipinski definition) is 9. The van der Waals surface area contributed by atoms with Crippen molar-refractivity contribution in [2.75, 3.05) is 49.6 Å². The van der Waals surface area contributed by atoms with Crippen LogP contribution >= 0.6 is 11.3 Å². The summed E-state index contributed by atoms with van der Waals surface area (Å²) in [5.74, 6) is -0.823. The summed E-state index contributed by atoms with van der Waals surface area (Å²) in [5.41, 5.74) is 3.24. The first-order valence-corrected chi connectivity index (χ1v) is 16.6. The second-order valence-electron chi connectivity index (χ2n) is 13.8. The molecular formula is C35H36F2N6O3S. The maximum absolute atomic E-state index is 16.0. The Balaban J connectivity index is 1.26. The summed E-state index contributed by atoms with van der Waals surface area (Å²) in [6, 6.07) is 11.6. The zero-order valence-corrected chi connectivity index (χ0v) is 27.4. The van der Waals surface area contributed by atoms with Crippen LogP contribution < -0.4 is 9.80 Å². The first kappa shape index (κ1) is 31.4. The fourth-order valence-electron chi connectivity index (χ4n) is 7.42. The highest BCUT2D eigenvalue weighted by Crippen LogP contribution is 2.47. The lowest BCUT2D eigenvalue weighted by Crippen LogP contribution is -2.74. The van der Waals surface area contributed by atoms with Crippen molar-refractivity contribution in [3.63, 3.8) is 0 Å². The Morgan fingerprint density at radius 3 is 2.53 bits per heavy atom. The van der Waals surface area contributed by atoms with Gasteiger partial charge in [0.15, 0.2) is 10.9 Å².